The Morgan fingerprint density at radius 2 is 1.90 bits per heavy atom. The molecule has 0 saturated heterocycles. The van der Waals surface area contributed by atoms with Crippen LogP contribution >= 0.6 is 11.6 Å². The van der Waals surface area contributed by atoms with Crippen LogP contribution in [0.5, 0.6) is 0 Å². The largest absolute Gasteiger partial charge is 0.253 e. The van der Waals surface area contributed by atoms with E-state index in [9.17, 15) is 0 Å². The summed E-state index contributed by atoms with van der Waals surface area (Å²) < 4.78 is 1.87. The van der Waals surface area contributed by atoms with Gasteiger partial charge in [0.15, 0.2) is 0 Å². The van der Waals surface area contributed by atoms with E-state index in [2.05, 4.69) is 50.1 Å². The molecule has 0 aliphatic rings. The zero-order valence-corrected chi connectivity index (χ0v) is 13.4. The van der Waals surface area contributed by atoms with Gasteiger partial charge in [-0.2, -0.15) is 0 Å². The second-order valence-electron chi connectivity index (χ2n) is 5.33. The maximum atomic E-state index is 6.43. The van der Waals surface area contributed by atoms with Crippen LogP contribution in [-0.2, 0) is 13.0 Å². The number of aromatic nitrogens is 3. The van der Waals surface area contributed by atoms with E-state index in [1.54, 1.807) is 0 Å². The van der Waals surface area contributed by atoms with E-state index >= 15 is 0 Å². The molecule has 0 aliphatic heterocycles. The van der Waals surface area contributed by atoms with Gasteiger partial charge in [-0.25, -0.2) is 0 Å². The Morgan fingerprint density at radius 1 is 1.20 bits per heavy atom. The van der Waals surface area contributed by atoms with Crippen molar-refractivity contribution in [2.45, 2.75) is 53.0 Å². The van der Waals surface area contributed by atoms with Gasteiger partial charge in [-0.3, -0.25) is 4.68 Å². The van der Waals surface area contributed by atoms with E-state index < -0.39 is 0 Å². The van der Waals surface area contributed by atoms with Gasteiger partial charge in [0.2, 0.25) is 0 Å². The number of hydrogen-bond acceptors (Lipinski definition) is 2. The summed E-state index contributed by atoms with van der Waals surface area (Å²) in [6.45, 7) is 9.35. The molecular weight excluding hydrogens is 270 g/mol. The van der Waals surface area contributed by atoms with Gasteiger partial charge in [-0.1, -0.05) is 29.8 Å². The van der Waals surface area contributed by atoms with Crippen LogP contribution in [0, 0.1) is 13.8 Å². The lowest BCUT2D eigenvalue weighted by atomic mass is 9.90. The summed E-state index contributed by atoms with van der Waals surface area (Å²) >= 11 is 6.43. The molecule has 0 bridgehead atoms. The first kappa shape index (κ1) is 15.0. The van der Waals surface area contributed by atoms with E-state index in [1.165, 1.54) is 16.7 Å². The van der Waals surface area contributed by atoms with Crippen LogP contribution in [0.25, 0.3) is 0 Å². The van der Waals surface area contributed by atoms with E-state index in [1.807, 2.05) is 10.9 Å². The molecular formula is C16H22ClN3. The lowest BCUT2D eigenvalue weighted by molar-refractivity contribution is 0.624. The summed E-state index contributed by atoms with van der Waals surface area (Å²) in [7, 11) is 0. The number of nitrogens with zero attached hydrogens (tertiary/aromatic N) is 3. The fourth-order valence-corrected chi connectivity index (χ4v) is 2.80. The number of rotatable bonds is 5. The zero-order chi connectivity index (χ0) is 14.7. The van der Waals surface area contributed by atoms with Crippen molar-refractivity contribution in [3.05, 3.63) is 45.7 Å². The number of aryl methyl sites for hydroxylation is 3. The van der Waals surface area contributed by atoms with Crippen LogP contribution in [0.4, 0.5) is 0 Å². The lowest BCUT2D eigenvalue weighted by Gasteiger charge is -2.17. The maximum Gasteiger partial charge on any atom is 0.0833 e. The fraction of sp³-hybridized carbons (Fsp3) is 0.500. The minimum Gasteiger partial charge on any atom is -0.253 e. The third-order valence-corrected chi connectivity index (χ3v) is 4.24. The molecule has 0 fully saturated rings. The van der Waals surface area contributed by atoms with Crippen LogP contribution < -0.4 is 0 Å². The molecule has 1 aromatic carbocycles. The first-order chi connectivity index (χ1) is 9.55. The molecule has 2 aromatic rings. The molecule has 1 unspecified atom stereocenters. The molecule has 2 rings (SSSR count). The highest BCUT2D eigenvalue weighted by molar-refractivity contribution is 6.31. The Bertz CT molecular complexity index is 589. The van der Waals surface area contributed by atoms with Gasteiger partial charge in [-0.15, -0.1) is 5.10 Å². The smallest absolute Gasteiger partial charge is 0.0833 e. The van der Waals surface area contributed by atoms with Gasteiger partial charge in [-0.05, 0) is 55.9 Å². The highest BCUT2D eigenvalue weighted by atomic mass is 35.5. The van der Waals surface area contributed by atoms with Gasteiger partial charge in [0.1, 0.15) is 0 Å². The van der Waals surface area contributed by atoms with Crippen molar-refractivity contribution in [3.8, 4) is 0 Å². The Morgan fingerprint density at radius 3 is 2.50 bits per heavy atom. The number of benzene rings is 1. The van der Waals surface area contributed by atoms with Crippen molar-refractivity contribution < 1.29 is 0 Å². The average Bonchev–Trinajstić information content (AvgIpc) is 2.88. The summed E-state index contributed by atoms with van der Waals surface area (Å²) in [5.41, 5.74) is 4.79. The summed E-state index contributed by atoms with van der Waals surface area (Å²) in [6, 6.07) is 4.29. The topological polar surface area (TPSA) is 30.7 Å². The second kappa shape index (κ2) is 6.40. The molecule has 0 amide bonds. The standard InChI is InChI=1S/C16H22ClN3/c1-5-13(9-14-10-20(6-2)19-18-14)15-7-11(3)12(4)8-16(15)17/h7-8,10,13H,5-6,9H2,1-4H3. The molecule has 0 saturated carbocycles. The Kier molecular flexibility index (Phi) is 4.81. The van der Waals surface area contributed by atoms with E-state index in [-0.39, 0.29) is 0 Å². The normalized spacial score (nSPS) is 12.7. The molecule has 20 heavy (non-hydrogen) atoms. The molecule has 1 aromatic heterocycles. The minimum absolute atomic E-state index is 0.392. The molecule has 0 N–H and O–H groups in total. The third kappa shape index (κ3) is 3.21. The van der Waals surface area contributed by atoms with Crippen molar-refractivity contribution in [3.63, 3.8) is 0 Å². The molecule has 1 heterocycles. The summed E-state index contributed by atoms with van der Waals surface area (Å²) in [5, 5.41) is 9.21. The van der Waals surface area contributed by atoms with Crippen molar-refractivity contribution in [2.75, 3.05) is 0 Å². The first-order valence-electron chi connectivity index (χ1n) is 7.20. The van der Waals surface area contributed by atoms with Gasteiger partial charge in [0.25, 0.3) is 0 Å². The molecule has 3 nitrogen and oxygen atoms in total. The highest BCUT2D eigenvalue weighted by Gasteiger charge is 2.16. The van der Waals surface area contributed by atoms with E-state index in [0.29, 0.717) is 5.92 Å². The second-order valence-corrected chi connectivity index (χ2v) is 5.74. The fourth-order valence-electron chi connectivity index (χ4n) is 2.43. The summed E-state index contributed by atoms with van der Waals surface area (Å²) in [4.78, 5) is 0. The summed E-state index contributed by atoms with van der Waals surface area (Å²) in [6.07, 6.45) is 3.96. The molecule has 0 aliphatic carbocycles. The van der Waals surface area contributed by atoms with Crippen LogP contribution in [0.3, 0.4) is 0 Å². The van der Waals surface area contributed by atoms with Crippen LogP contribution in [-0.4, -0.2) is 15.0 Å². The predicted molar refractivity (Wildman–Crippen MR) is 83.4 cm³/mol. The van der Waals surface area contributed by atoms with Crippen molar-refractivity contribution in [2.24, 2.45) is 0 Å². The molecule has 108 valence electrons. The summed E-state index contributed by atoms with van der Waals surface area (Å²) in [5.74, 6) is 0.392. The zero-order valence-electron chi connectivity index (χ0n) is 12.7. The minimum atomic E-state index is 0.392. The predicted octanol–water partition coefficient (Wildman–Crippen LogP) is 4.30. The van der Waals surface area contributed by atoms with E-state index in [0.717, 1.165) is 30.1 Å². The van der Waals surface area contributed by atoms with Crippen molar-refractivity contribution in [1.82, 2.24) is 15.0 Å². The van der Waals surface area contributed by atoms with Crippen LogP contribution in [0.15, 0.2) is 18.3 Å². The maximum absolute atomic E-state index is 6.43. The van der Waals surface area contributed by atoms with Gasteiger partial charge < -0.3 is 0 Å². The van der Waals surface area contributed by atoms with Crippen molar-refractivity contribution >= 4 is 11.6 Å². The highest BCUT2D eigenvalue weighted by Crippen LogP contribution is 2.31. The van der Waals surface area contributed by atoms with Gasteiger partial charge >= 0.3 is 0 Å². The van der Waals surface area contributed by atoms with Crippen molar-refractivity contribution in [1.29, 1.82) is 0 Å². The van der Waals surface area contributed by atoms with Crippen LogP contribution in [0.1, 0.15) is 48.6 Å². The number of halogens is 1. The third-order valence-electron chi connectivity index (χ3n) is 3.91. The average molecular weight is 292 g/mol. The van der Waals surface area contributed by atoms with Crippen LogP contribution in [0.2, 0.25) is 5.02 Å². The molecule has 1 atom stereocenters. The quantitative estimate of drug-likeness (QED) is 0.822. The SMILES string of the molecule is CCC(Cc1cn(CC)nn1)c1cc(C)c(C)cc1Cl. The number of hydrogen-bond donors (Lipinski definition) is 0. The van der Waals surface area contributed by atoms with E-state index in [4.69, 9.17) is 11.6 Å². The first-order valence-corrected chi connectivity index (χ1v) is 7.58. The van der Waals surface area contributed by atoms with Gasteiger partial charge in [0.05, 0.1) is 5.69 Å². The Hall–Kier alpha value is -1.35. The van der Waals surface area contributed by atoms with Gasteiger partial charge in [0, 0.05) is 24.2 Å². The molecule has 0 spiro atoms. The molecule has 0 radical (unpaired) electrons. The molecule has 4 heteroatoms. The Labute approximate surface area is 126 Å². The monoisotopic (exact) mass is 291 g/mol. The Balaban J connectivity index is 2.26. The lowest BCUT2D eigenvalue weighted by Crippen LogP contribution is -2.04.